The molecule has 0 spiro atoms. The number of hydrogen-bond donors (Lipinski definition) is 0. The Morgan fingerprint density at radius 2 is 2.09 bits per heavy atom. The number of methoxy groups -OCH3 is 1. The Bertz CT molecular complexity index is 566. The van der Waals surface area contributed by atoms with Gasteiger partial charge in [-0.05, 0) is 26.3 Å². The summed E-state index contributed by atoms with van der Waals surface area (Å²) in [6.45, 7) is 6.10. The van der Waals surface area contributed by atoms with E-state index in [-0.39, 0.29) is 11.9 Å². The van der Waals surface area contributed by atoms with Crippen molar-refractivity contribution in [1.82, 2.24) is 19.6 Å². The van der Waals surface area contributed by atoms with Crippen molar-refractivity contribution in [3.8, 4) is 5.88 Å². The molecule has 2 aliphatic heterocycles. The van der Waals surface area contributed by atoms with Crippen molar-refractivity contribution >= 4 is 5.91 Å². The van der Waals surface area contributed by atoms with Crippen LogP contribution in [0.15, 0.2) is 0 Å². The molecule has 2 saturated heterocycles. The molecule has 0 unspecified atom stereocenters. The van der Waals surface area contributed by atoms with Crippen molar-refractivity contribution in [2.24, 2.45) is 7.05 Å². The number of carbonyl (C=O) groups is 1. The summed E-state index contributed by atoms with van der Waals surface area (Å²) in [5.74, 6) is 0.999. The SMILES string of the molecule is COc1c([C@H]2CCCN2CC(=O)N2CCOCC2)c(C)nn1C. The van der Waals surface area contributed by atoms with Gasteiger partial charge in [-0.2, -0.15) is 5.10 Å². The molecule has 2 aliphatic rings. The number of morpholine rings is 1. The van der Waals surface area contributed by atoms with Crippen LogP contribution in [-0.4, -0.2) is 72.0 Å². The van der Waals surface area contributed by atoms with Crippen LogP contribution in [0.25, 0.3) is 0 Å². The van der Waals surface area contributed by atoms with E-state index in [2.05, 4.69) is 10.00 Å². The molecule has 0 N–H and O–H groups in total. The molecule has 128 valence electrons. The fraction of sp³-hybridized carbons (Fsp3) is 0.750. The Morgan fingerprint density at radius 3 is 2.78 bits per heavy atom. The molecule has 0 aromatic carbocycles. The second kappa shape index (κ2) is 6.88. The molecule has 1 aromatic heterocycles. The third-order valence-corrected chi connectivity index (χ3v) is 4.81. The zero-order valence-electron chi connectivity index (χ0n) is 14.2. The van der Waals surface area contributed by atoms with E-state index in [4.69, 9.17) is 9.47 Å². The van der Waals surface area contributed by atoms with Crippen LogP contribution in [0.2, 0.25) is 0 Å². The van der Waals surface area contributed by atoms with Gasteiger partial charge in [0.2, 0.25) is 11.8 Å². The average Bonchev–Trinajstić information content (AvgIpc) is 3.11. The van der Waals surface area contributed by atoms with E-state index in [1.165, 1.54) is 0 Å². The van der Waals surface area contributed by atoms with E-state index in [1.807, 2.05) is 18.9 Å². The lowest BCUT2D eigenvalue weighted by Crippen LogP contribution is -2.45. The van der Waals surface area contributed by atoms with Crippen molar-refractivity contribution in [2.45, 2.75) is 25.8 Å². The lowest BCUT2D eigenvalue weighted by molar-refractivity contribution is -0.136. The van der Waals surface area contributed by atoms with Crippen molar-refractivity contribution in [3.05, 3.63) is 11.3 Å². The average molecular weight is 322 g/mol. The molecule has 0 aliphatic carbocycles. The number of amides is 1. The second-order valence-corrected chi connectivity index (χ2v) is 6.25. The lowest BCUT2D eigenvalue weighted by atomic mass is 10.0. The van der Waals surface area contributed by atoms with Crippen molar-refractivity contribution in [3.63, 3.8) is 0 Å². The van der Waals surface area contributed by atoms with Gasteiger partial charge in [0.25, 0.3) is 0 Å². The number of nitrogens with zero attached hydrogens (tertiary/aromatic N) is 4. The van der Waals surface area contributed by atoms with Gasteiger partial charge in [0.1, 0.15) is 0 Å². The Balaban J connectivity index is 1.74. The first kappa shape index (κ1) is 16.3. The summed E-state index contributed by atoms with van der Waals surface area (Å²) in [6.07, 6.45) is 2.14. The maximum Gasteiger partial charge on any atom is 0.236 e. The Labute approximate surface area is 137 Å². The fourth-order valence-corrected chi connectivity index (χ4v) is 3.71. The summed E-state index contributed by atoms with van der Waals surface area (Å²) < 4.78 is 12.6. The maximum absolute atomic E-state index is 12.6. The highest BCUT2D eigenvalue weighted by Gasteiger charge is 2.34. The van der Waals surface area contributed by atoms with Crippen molar-refractivity contribution in [1.29, 1.82) is 0 Å². The van der Waals surface area contributed by atoms with Crippen LogP contribution in [0, 0.1) is 6.92 Å². The zero-order valence-corrected chi connectivity index (χ0v) is 14.2. The molecule has 23 heavy (non-hydrogen) atoms. The fourth-order valence-electron chi connectivity index (χ4n) is 3.71. The van der Waals surface area contributed by atoms with E-state index in [1.54, 1.807) is 11.8 Å². The predicted octanol–water partition coefficient (Wildman–Crippen LogP) is 0.733. The van der Waals surface area contributed by atoms with E-state index < -0.39 is 0 Å². The molecule has 3 rings (SSSR count). The maximum atomic E-state index is 12.6. The first-order valence-electron chi connectivity index (χ1n) is 8.29. The topological polar surface area (TPSA) is 59.8 Å². The molecule has 0 radical (unpaired) electrons. The number of rotatable bonds is 4. The first-order valence-corrected chi connectivity index (χ1v) is 8.29. The quantitative estimate of drug-likeness (QED) is 0.818. The monoisotopic (exact) mass is 322 g/mol. The van der Waals surface area contributed by atoms with Gasteiger partial charge in [0, 0.05) is 26.2 Å². The highest BCUT2D eigenvalue weighted by atomic mass is 16.5. The molecule has 1 atom stereocenters. The van der Waals surface area contributed by atoms with Crippen LogP contribution in [-0.2, 0) is 16.6 Å². The summed E-state index contributed by atoms with van der Waals surface area (Å²) in [6, 6.07) is 0.212. The summed E-state index contributed by atoms with van der Waals surface area (Å²) in [4.78, 5) is 16.7. The van der Waals surface area contributed by atoms with Gasteiger partial charge in [-0.1, -0.05) is 0 Å². The minimum atomic E-state index is 0.195. The highest BCUT2D eigenvalue weighted by Crippen LogP contribution is 2.38. The van der Waals surface area contributed by atoms with E-state index in [9.17, 15) is 4.79 Å². The molecule has 7 heteroatoms. The van der Waals surface area contributed by atoms with Gasteiger partial charge in [-0.3, -0.25) is 9.69 Å². The number of carbonyl (C=O) groups excluding carboxylic acids is 1. The molecular weight excluding hydrogens is 296 g/mol. The van der Waals surface area contributed by atoms with E-state index in [0.29, 0.717) is 32.8 Å². The molecule has 7 nitrogen and oxygen atoms in total. The molecule has 0 bridgehead atoms. The van der Waals surface area contributed by atoms with Crippen LogP contribution >= 0.6 is 0 Å². The van der Waals surface area contributed by atoms with Crippen LogP contribution in [0.5, 0.6) is 5.88 Å². The van der Waals surface area contributed by atoms with Gasteiger partial charge in [0.05, 0.1) is 38.1 Å². The van der Waals surface area contributed by atoms with E-state index in [0.717, 1.165) is 36.5 Å². The molecule has 3 heterocycles. The number of hydrogen-bond acceptors (Lipinski definition) is 5. The second-order valence-electron chi connectivity index (χ2n) is 6.25. The number of aryl methyl sites for hydroxylation is 2. The van der Waals surface area contributed by atoms with Crippen molar-refractivity contribution < 1.29 is 14.3 Å². The number of ether oxygens (including phenoxy) is 2. The van der Waals surface area contributed by atoms with Crippen LogP contribution in [0.4, 0.5) is 0 Å². The van der Waals surface area contributed by atoms with Crippen molar-refractivity contribution in [2.75, 3.05) is 46.5 Å². The van der Waals surface area contributed by atoms with Crippen LogP contribution in [0.3, 0.4) is 0 Å². The van der Waals surface area contributed by atoms with Gasteiger partial charge < -0.3 is 14.4 Å². The molecule has 2 fully saturated rings. The smallest absolute Gasteiger partial charge is 0.236 e. The number of likely N-dealkylation sites (tertiary alicyclic amines) is 1. The normalized spacial score (nSPS) is 22.6. The summed E-state index contributed by atoms with van der Waals surface area (Å²) in [7, 11) is 3.58. The summed E-state index contributed by atoms with van der Waals surface area (Å²) >= 11 is 0. The highest BCUT2D eigenvalue weighted by molar-refractivity contribution is 5.78. The van der Waals surface area contributed by atoms with Gasteiger partial charge in [-0.15, -0.1) is 0 Å². The van der Waals surface area contributed by atoms with Crippen LogP contribution < -0.4 is 4.74 Å². The molecule has 1 amide bonds. The Hall–Kier alpha value is -1.60. The molecular formula is C16H26N4O3. The van der Waals surface area contributed by atoms with Crippen LogP contribution in [0.1, 0.15) is 30.1 Å². The molecule has 1 aromatic rings. The Morgan fingerprint density at radius 1 is 1.35 bits per heavy atom. The summed E-state index contributed by atoms with van der Waals surface area (Å²) in [5.41, 5.74) is 2.11. The predicted molar refractivity (Wildman–Crippen MR) is 85.4 cm³/mol. The zero-order chi connectivity index (χ0) is 16.4. The van der Waals surface area contributed by atoms with Gasteiger partial charge in [0.15, 0.2) is 0 Å². The minimum Gasteiger partial charge on any atom is -0.481 e. The van der Waals surface area contributed by atoms with E-state index >= 15 is 0 Å². The van der Waals surface area contributed by atoms with Gasteiger partial charge >= 0.3 is 0 Å². The number of aromatic nitrogens is 2. The third-order valence-electron chi connectivity index (χ3n) is 4.81. The largest absolute Gasteiger partial charge is 0.481 e. The standard InChI is InChI=1S/C16H26N4O3/c1-12-15(16(22-3)18(2)17-12)13-5-4-6-20(13)11-14(21)19-7-9-23-10-8-19/h13H,4-11H2,1-3H3/t13-/m1/s1. The van der Waals surface area contributed by atoms with Gasteiger partial charge in [-0.25, -0.2) is 4.68 Å². The molecule has 0 saturated carbocycles. The first-order chi connectivity index (χ1) is 11.1. The minimum absolute atomic E-state index is 0.195. The third kappa shape index (κ3) is 3.21. The lowest BCUT2D eigenvalue weighted by Gasteiger charge is -2.30. The Kier molecular flexibility index (Phi) is 4.87. The summed E-state index contributed by atoms with van der Waals surface area (Å²) in [5, 5.41) is 4.48.